The lowest BCUT2D eigenvalue weighted by atomic mass is 10.3. The zero-order valence-electron chi connectivity index (χ0n) is 7.38. The van der Waals surface area contributed by atoms with Crippen LogP contribution in [0.2, 0.25) is 10.0 Å². The summed E-state index contributed by atoms with van der Waals surface area (Å²) in [5.74, 6) is 0. The molecule has 14 heavy (non-hydrogen) atoms. The molecule has 6 heteroatoms. The largest absolute Gasteiger partial charge is 0.383 e. The van der Waals surface area contributed by atoms with Crippen molar-refractivity contribution in [3.63, 3.8) is 0 Å². The molecule has 0 aliphatic carbocycles. The molecule has 1 rings (SSSR count). The number of nitro groups is 1. The summed E-state index contributed by atoms with van der Waals surface area (Å²) in [6, 6.07) is 2.54. The molecule has 0 unspecified atom stereocenters. The second kappa shape index (κ2) is 4.48. The third-order valence-corrected chi connectivity index (χ3v) is 2.19. The van der Waals surface area contributed by atoms with E-state index in [2.05, 4.69) is 5.32 Å². The first-order chi connectivity index (χ1) is 6.56. The minimum Gasteiger partial charge on any atom is -0.383 e. The van der Waals surface area contributed by atoms with Crippen LogP contribution in [0.5, 0.6) is 0 Å². The molecule has 1 aromatic carbocycles. The number of nitro benzene ring substituents is 1. The molecule has 0 heterocycles. The summed E-state index contributed by atoms with van der Waals surface area (Å²) >= 11 is 11.6. The van der Waals surface area contributed by atoms with Gasteiger partial charge in [0.05, 0.1) is 20.7 Å². The maximum absolute atomic E-state index is 10.4. The standard InChI is InChI=1S/C8H8Cl2N2O2/c1-2-11-8-6(9)3-5(12(13)14)4-7(8)10/h3-4,11H,2H2,1H3. The Balaban J connectivity index is 3.18. The van der Waals surface area contributed by atoms with Crippen molar-refractivity contribution in [1.29, 1.82) is 0 Å². The zero-order chi connectivity index (χ0) is 10.7. The second-order valence-electron chi connectivity index (χ2n) is 2.57. The van der Waals surface area contributed by atoms with Gasteiger partial charge in [-0.25, -0.2) is 0 Å². The molecule has 0 bridgehead atoms. The fraction of sp³-hybridized carbons (Fsp3) is 0.250. The van der Waals surface area contributed by atoms with Crippen molar-refractivity contribution in [2.75, 3.05) is 11.9 Å². The highest BCUT2D eigenvalue weighted by molar-refractivity contribution is 6.39. The third-order valence-electron chi connectivity index (χ3n) is 1.59. The molecule has 4 nitrogen and oxygen atoms in total. The van der Waals surface area contributed by atoms with Crippen LogP contribution >= 0.6 is 23.2 Å². The molecule has 0 aliphatic rings. The zero-order valence-corrected chi connectivity index (χ0v) is 8.89. The first-order valence-electron chi connectivity index (χ1n) is 3.93. The molecule has 0 saturated carbocycles. The van der Waals surface area contributed by atoms with Gasteiger partial charge in [0.2, 0.25) is 0 Å². The number of benzene rings is 1. The summed E-state index contributed by atoms with van der Waals surface area (Å²) in [6.45, 7) is 2.53. The number of nitrogens with one attached hydrogen (secondary N) is 1. The number of rotatable bonds is 3. The van der Waals surface area contributed by atoms with Crippen LogP contribution in [-0.2, 0) is 0 Å². The van der Waals surface area contributed by atoms with Crippen molar-refractivity contribution in [2.45, 2.75) is 6.92 Å². The van der Waals surface area contributed by atoms with Gasteiger partial charge in [-0.2, -0.15) is 0 Å². The summed E-state index contributed by atoms with van der Waals surface area (Å²) in [5.41, 5.74) is 0.420. The van der Waals surface area contributed by atoms with E-state index in [-0.39, 0.29) is 15.7 Å². The summed E-state index contributed by atoms with van der Waals surface area (Å²) in [4.78, 5) is 9.91. The van der Waals surface area contributed by atoms with Crippen LogP contribution in [-0.4, -0.2) is 11.5 Å². The topological polar surface area (TPSA) is 55.2 Å². The smallest absolute Gasteiger partial charge is 0.272 e. The molecular weight excluding hydrogens is 227 g/mol. The molecule has 0 saturated heterocycles. The Labute approximate surface area is 91.0 Å². The van der Waals surface area contributed by atoms with Gasteiger partial charge in [-0.3, -0.25) is 10.1 Å². The van der Waals surface area contributed by atoms with Crippen LogP contribution in [0.3, 0.4) is 0 Å². The van der Waals surface area contributed by atoms with Gasteiger partial charge in [-0.1, -0.05) is 23.2 Å². The van der Waals surface area contributed by atoms with Gasteiger partial charge in [0, 0.05) is 18.7 Å². The van der Waals surface area contributed by atoms with Crippen molar-refractivity contribution in [3.8, 4) is 0 Å². The van der Waals surface area contributed by atoms with Crippen molar-refractivity contribution in [2.24, 2.45) is 0 Å². The molecule has 0 aromatic heterocycles. The fourth-order valence-electron chi connectivity index (χ4n) is 1.01. The molecule has 1 N–H and O–H groups in total. The van der Waals surface area contributed by atoms with Gasteiger partial charge >= 0.3 is 0 Å². The van der Waals surface area contributed by atoms with E-state index in [0.29, 0.717) is 12.2 Å². The van der Waals surface area contributed by atoms with Gasteiger partial charge in [0.1, 0.15) is 0 Å². The first kappa shape index (κ1) is 11.1. The van der Waals surface area contributed by atoms with E-state index in [9.17, 15) is 10.1 Å². The molecule has 0 fully saturated rings. The fourth-order valence-corrected chi connectivity index (χ4v) is 1.62. The SMILES string of the molecule is CCNc1c(Cl)cc([N+](=O)[O-])cc1Cl. The normalized spacial score (nSPS) is 9.93. The van der Waals surface area contributed by atoms with E-state index in [1.54, 1.807) is 0 Å². The van der Waals surface area contributed by atoms with Crippen molar-refractivity contribution in [1.82, 2.24) is 0 Å². The maximum Gasteiger partial charge on any atom is 0.272 e. The highest BCUT2D eigenvalue weighted by Crippen LogP contribution is 2.34. The molecule has 0 amide bonds. The highest BCUT2D eigenvalue weighted by Gasteiger charge is 2.13. The van der Waals surface area contributed by atoms with Gasteiger partial charge in [-0.05, 0) is 6.92 Å². The summed E-state index contributed by atoms with van der Waals surface area (Å²) in [5, 5.41) is 13.9. The van der Waals surface area contributed by atoms with E-state index in [0.717, 1.165) is 0 Å². The number of hydrogen-bond acceptors (Lipinski definition) is 3. The predicted octanol–water partition coefficient (Wildman–Crippen LogP) is 3.33. The Morgan fingerprint density at radius 1 is 1.43 bits per heavy atom. The lowest BCUT2D eigenvalue weighted by Gasteiger charge is -2.07. The van der Waals surface area contributed by atoms with Crippen LogP contribution in [0.15, 0.2) is 12.1 Å². The molecule has 1 aromatic rings. The number of nitrogens with zero attached hydrogens (tertiary/aromatic N) is 1. The number of hydrogen-bond donors (Lipinski definition) is 1. The molecule has 0 radical (unpaired) electrons. The molecule has 0 aliphatic heterocycles. The number of non-ortho nitro benzene ring substituents is 1. The lowest BCUT2D eigenvalue weighted by molar-refractivity contribution is -0.384. The van der Waals surface area contributed by atoms with Gasteiger partial charge in [-0.15, -0.1) is 0 Å². The van der Waals surface area contributed by atoms with Crippen molar-refractivity contribution < 1.29 is 4.92 Å². The summed E-state index contributed by atoms with van der Waals surface area (Å²) < 4.78 is 0. The van der Waals surface area contributed by atoms with E-state index >= 15 is 0 Å². The lowest BCUT2D eigenvalue weighted by Crippen LogP contribution is -1.99. The monoisotopic (exact) mass is 234 g/mol. The Morgan fingerprint density at radius 3 is 2.29 bits per heavy atom. The van der Waals surface area contributed by atoms with Gasteiger partial charge in [0.25, 0.3) is 5.69 Å². The van der Waals surface area contributed by atoms with Crippen molar-refractivity contribution >= 4 is 34.6 Å². The summed E-state index contributed by atoms with van der Waals surface area (Å²) in [6.07, 6.45) is 0. The van der Waals surface area contributed by atoms with Crippen LogP contribution in [0.4, 0.5) is 11.4 Å². The minimum atomic E-state index is -0.534. The van der Waals surface area contributed by atoms with Crippen LogP contribution < -0.4 is 5.32 Å². The van der Waals surface area contributed by atoms with Gasteiger partial charge in [0.15, 0.2) is 0 Å². The van der Waals surface area contributed by atoms with Crippen molar-refractivity contribution in [3.05, 3.63) is 32.3 Å². The quantitative estimate of drug-likeness (QED) is 0.645. The van der Waals surface area contributed by atoms with E-state index < -0.39 is 4.92 Å². The average molecular weight is 235 g/mol. The Bertz CT molecular complexity index is 345. The molecule has 76 valence electrons. The Kier molecular flexibility index (Phi) is 3.55. The van der Waals surface area contributed by atoms with Crippen LogP contribution in [0, 0.1) is 10.1 Å². The molecular formula is C8H8Cl2N2O2. The van der Waals surface area contributed by atoms with E-state index in [1.165, 1.54) is 12.1 Å². The highest BCUT2D eigenvalue weighted by atomic mass is 35.5. The maximum atomic E-state index is 10.4. The van der Waals surface area contributed by atoms with E-state index in [4.69, 9.17) is 23.2 Å². The minimum absolute atomic E-state index is 0.110. The first-order valence-corrected chi connectivity index (χ1v) is 4.69. The Hall–Kier alpha value is -1.00. The van der Waals surface area contributed by atoms with E-state index in [1.807, 2.05) is 6.92 Å². The molecule has 0 atom stereocenters. The average Bonchev–Trinajstić information content (AvgIpc) is 2.10. The molecule has 0 spiro atoms. The van der Waals surface area contributed by atoms with Crippen LogP contribution in [0.25, 0.3) is 0 Å². The Morgan fingerprint density at radius 2 is 1.93 bits per heavy atom. The predicted molar refractivity (Wildman–Crippen MR) is 57.3 cm³/mol. The van der Waals surface area contributed by atoms with Gasteiger partial charge < -0.3 is 5.32 Å². The van der Waals surface area contributed by atoms with Crippen LogP contribution in [0.1, 0.15) is 6.92 Å². The summed E-state index contributed by atoms with van der Waals surface area (Å²) in [7, 11) is 0. The second-order valence-corrected chi connectivity index (χ2v) is 3.39. The number of halogens is 2. The number of anilines is 1. The third kappa shape index (κ3) is 2.27.